The molecule has 0 aliphatic heterocycles. The molecule has 0 aromatic heterocycles. The molecule has 0 heterocycles. The minimum atomic E-state index is -4.08. The van der Waals surface area contributed by atoms with E-state index in [1.165, 1.54) is 19.0 Å². The molecule has 236 valence electrons. The topological polar surface area (TPSA) is 90.0 Å². The fourth-order valence-corrected chi connectivity index (χ4v) is 6.91. The first-order valence-electron chi connectivity index (χ1n) is 15.1. The number of aryl methyl sites for hydroxylation is 2. The van der Waals surface area contributed by atoms with E-state index in [0.29, 0.717) is 21.8 Å². The molecule has 0 unspecified atom stereocenters. The maximum Gasteiger partial charge on any atom is 0.304 e. The van der Waals surface area contributed by atoms with Gasteiger partial charge >= 0.3 is 10.2 Å². The van der Waals surface area contributed by atoms with E-state index in [1.54, 1.807) is 18.2 Å². The number of benzene rings is 3. The van der Waals surface area contributed by atoms with Crippen molar-refractivity contribution in [2.75, 3.05) is 24.9 Å². The molecule has 0 spiro atoms. The lowest BCUT2D eigenvalue weighted by molar-refractivity contribution is -0.140. The van der Waals surface area contributed by atoms with E-state index in [0.717, 1.165) is 51.8 Å². The number of rotatable bonds is 12. The Bertz CT molecular complexity index is 1540. The van der Waals surface area contributed by atoms with Gasteiger partial charge in [0.2, 0.25) is 11.8 Å². The number of amides is 2. The number of carbonyl (C=O) groups is 2. The molecule has 44 heavy (non-hydrogen) atoms. The summed E-state index contributed by atoms with van der Waals surface area (Å²) in [6, 6.07) is 21.4. The number of hydrogen-bond acceptors (Lipinski definition) is 4. The van der Waals surface area contributed by atoms with Crippen LogP contribution in [-0.2, 0) is 32.8 Å². The Morgan fingerprint density at radius 1 is 0.932 bits per heavy atom. The van der Waals surface area contributed by atoms with E-state index in [-0.39, 0.29) is 24.9 Å². The standard InChI is InChI=1S/C34H43ClN4O4S/c1-25-19-20-26(2)31(21-25)39(44(42,43)37(3)4)24-33(40)38(23-28-15-11-12-18-30(28)35)32(22-27-13-7-5-8-14-27)34(41)36-29-16-9-6-10-17-29/h5,7-8,11-15,18-21,29,32H,6,9-10,16-17,22-24H2,1-4H3,(H,36,41)/t32-/m0/s1. The molecule has 1 N–H and O–H groups in total. The second kappa shape index (κ2) is 15.1. The van der Waals surface area contributed by atoms with Gasteiger partial charge in [0.15, 0.2) is 0 Å². The summed E-state index contributed by atoms with van der Waals surface area (Å²) in [7, 11) is -1.20. The molecule has 0 bridgehead atoms. The Hall–Kier alpha value is -3.40. The van der Waals surface area contributed by atoms with Gasteiger partial charge in [0.25, 0.3) is 0 Å². The maximum absolute atomic E-state index is 14.5. The van der Waals surface area contributed by atoms with Crippen molar-refractivity contribution in [2.24, 2.45) is 0 Å². The van der Waals surface area contributed by atoms with Crippen LogP contribution in [0.2, 0.25) is 5.02 Å². The quantitative estimate of drug-likeness (QED) is 0.277. The molecule has 3 aromatic rings. The molecule has 10 heteroatoms. The number of carbonyl (C=O) groups excluding carboxylic acids is 2. The van der Waals surface area contributed by atoms with Crippen LogP contribution in [0, 0.1) is 13.8 Å². The molecule has 3 aromatic carbocycles. The Balaban J connectivity index is 1.78. The molecule has 1 aliphatic rings. The van der Waals surface area contributed by atoms with Crippen molar-refractivity contribution >= 4 is 39.3 Å². The average Bonchev–Trinajstić information content (AvgIpc) is 3.00. The van der Waals surface area contributed by atoms with Crippen molar-refractivity contribution in [2.45, 2.75) is 71.0 Å². The Labute approximate surface area is 267 Å². The fourth-order valence-electron chi connectivity index (χ4n) is 5.60. The van der Waals surface area contributed by atoms with Crippen LogP contribution in [0.25, 0.3) is 0 Å². The van der Waals surface area contributed by atoms with Gasteiger partial charge in [0.1, 0.15) is 12.6 Å². The second-order valence-corrected chi connectivity index (χ2v) is 14.2. The molecule has 2 amide bonds. The normalized spacial score (nSPS) is 14.7. The molecule has 1 atom stereocenters. The van der Waals surface area contributed by atoms with Gasteiger partial charge in [-0.15, -0.1) is 0 Å². The second-order valence-electron chi connectivity index (χ2n) is 11.7. The Morgan fingerprint density at radius 2 is 1.59 bits per heavy atom. The zero-order valence-electron chi connectivity index (χ0n) is 26.0. The first kappa shape index (κ1) is 33.5. The van der Waals surface area contributed by atoms with Crippen LogP contribution >= 0.6 is 11.6 Å². The van der Waals surface area contributed by atoms with Gasteiger partial charge in [-0.05, 0) is 61.1 Å². The van der Waals surface area contributed by atoms with Gasteiger partial charge in [-0.3, -0.25) is 9.59 Å². The molecule has 0 radical (unpaired) electrons. The largest absolute Gasteiger partial charge is 0.352 e. The van der Waals surface area contributed by atoms with Crippen molar-refractivity contribution in [3.63, 3.8) is 0 Å². The molecule has 1 aliphatic carbocycles. The monoisotopic (exact) mass is 638 g/mol. The summed E-state index contributed by atoms with van der Waals surface area (Å²) < 4.78 is 29.6. The van der Waals surface area contributed by atoms with Crippen LogP contribution < -0.4 is 9.62 Å². The summed E-state index contributed by atoms with van der Waals surface area (Å²) in [6.45, 7) is 3.24. The summed E-state index contributed by atoms with van der Waals surface area (Å²) in [5, 5.41) is 3.68. The predicted molar refractivity (Wildman–Crippen MR) is 177 cm³/mol. The number of anilines is 1. The highest BCUT2D eigenvalue weighted by Gasteiger charge is 2.36. The number of hydrogen-bond donors (Lipinski definition) is 1. The number of nitrogens with one attached hydrogen (secondary N) is 1. The highest BCUT2D eigenvalue weighted by atomic mass is 35.5. The predicted octanol–water partition coefficient (Wildman–Crippen LogP) is 5.66. The van der Waals surface area contributed by atoms with Gasteiger partial charge in [-0.25, -0.2) is 4.31 Å². The van der Waals surface area contributed by atoms with E-state index >= 15 is 0 Å². The zero-order valence-corrected chi connectivity index (χ0v) is 27.6. The maximum atomic E-state index is 14.5. The molecule has 4 rings (SSSR count). The minimum Gasteiger partial charge on any atom is -0.352 e. The van der Waals surface area contributed by atoms with Crippen molar-refractivity contribution in [3.05, 3.63) is 100 Å². The molecular formula is C34H43ClN4O4S. The van der Waals surface area contributed by atoms with Crippen molar-refractivity contribution in [1.29, 1.82) is 0 Å². The molecule has 8 nitrogen and oxygen atoms in total. The highest BCUT2D eigenvalue weighted by molar-refractivity contribution is 7.90. The lowest BCUT2D eigenvalue weighted by Crippen LogP contribution is -2.55. The smallest absolute Gasteiger partial charge is 0.304 e. The molecular weight excluding hydrogens is 596 g/mol. The van der Waals surface area contributed by atoms with Gasteiger partial charge in [-0.2, -0.15) is 12.7 Å². The van der Waals surface area contributed by atoms with Crippen LogP contribution in [0.5, 0.6) is 0 Å². The van der Waals surface area contributed by atoms with E-state index < -0.39 is 28.7 Å². The van der Waals surface area contributed by atoms with Crippen molar-refractivity contribution in [1.82, 2.24) is 14.5 Å². The zero-order chi connectivity index (χ0) is 31.9. The summed E-state index contributed by atoms with van der Waals surface area (Å²) in [4.78, 5) is 30.1. The van der Waals surface area contributed by atoms with Crippen LogP contribution in [0.3, 0.4) is 0 Å². The van der Waals surface area contributed by atoms with Crippen molar-refractivity contribution in [3.8, 4) is 0 Å². The first-order chi connectivity index (χ1) is 21.0. The lowest BCUT2D eigenvalue weighted by atomic mass is 9.94. The van der Waals surface area contributed by atoms with Gasteiger partial charge in [0, 0.05) is 38.1 Å². The summed E-state index contributed by atoms with van der Waals surface area (Å²) >= 11 is 6.58. The molecule has 1 fully saturated rings. The summed E-state index contributed by atoms with van der Waals surface area (Å²) in [6.07, 6.45) is 5.28. The van der Waals surface area contributed by atoms with Gasteiger partial charge in [0.05, 0.1) is 5.69 Å². The Kier molecular flexibility index (Phi) is 11.5. The van der Waals surface area contributed by atoms with Crippen LogP contribution in [0.4, 0.5) is 5.69 Å². The third-order valence-corrected chi connectivity index (χ3v) is 10.3. The van der Waals surface area contributed by atoms with E-state index in [1.807, 2.05) is 68.4 Å². The third kappa shape index (κ3) is 8.40. The van der Waals surface area contributed by atoms with Crippen LogP contribution in [0.15, 0.2) is 72.8 Å². The molecule has 0 saturated heterocycles. The summed E-state index contributed by atoms with van der Waals surface area (Å²) in [5.41, 5.74) is 3.54. The minimum absolute atomic E-state index is 0.0346. The SMILES string of the molecule is Cc1ccc(C)c(N(CC(=O)N(Cc2ccccc2Cl)[C@@H](Cc2ccccc2)C(=O)NC2CCCCC2)S(=O)(=O)N(C)C)c1. The van der Waals surface area contributed by atoms with E-state index in [4.69, 9.17) is 11.6 Å². The fraction of sp³-hybridized carbons (Fsp3) is 0.412. The number of halogens is 1. The van der Waals surface area contributed by atoms with Gasteiger partial charge in [-0.1, -0.05) is 91.5 Å². The van der Waals surface area contributed by atoms with E-state index in [2.05, 4.69) is 5.32 Å². The third-order valence-electron chi connectivity index (χ3n) is 8.17. The van der Waals surface area contributed by atoms with Crippen molar-refractivity contribution < 1.29 is 18.0 Å². The van der Waals surface area contributed by atoms with Crippen LogP contribution in [-0.4, -0.2) is 62.2 Å². The first-order valence-corrected chi connectivity index (χ1v) is 16.9. The highest BCUT2D eigenvalue weighted by Crippen LogP contribution is 2.27. The lowest BCUT2D eigenvalue weighted by Gasteiger charge is -2.36. The van der Waals surface area contributed by atoms with E-state index in [9.17, 15) is 18.0 Å². The van der Waals surface area contributed by atoms with Crippen LogP contribution in [0.1, 0.15) is 54.4 Å². The summed E-state index contributed by atoms with van der Waals surface area (Å²) in [5.74, 6) is -0.758. The molecule has 1 saturated carbocycles. The average molecular weight is 639 g/mol. The Morgan fingerprint density at radius 3 is 2.25 bits per heavy atom. The number of nitrogens with zero attached hydrogens (tertiary/aromatic N) is 3. The van der Waals surface area contributed by atoms with Gasteiger partial charge < -0.3 is 10.2 Å².